The molecule has 6 heteroatoms. The molecule has 0 fully saturated rings. The first-order chi connectivity index (χ1) is 10.4. The Kier molecular flexibility index (Phi) is 3.19. The van der Waals surface area contributed by atoms with Crippen LogP contribution in [-0.2, 0) is 0 Å². The average molecular weight is 331 g/mol. The van der Waals surface area contributed by atoms with E-state index in [1.807, 2.05) is 18.2 Å². The monoisotopic (exact) mass is 331 g/mol. The number of nitriles is 1. The van der Waals surface area contributed by atoms with Crippen molar-refractivity contribution in [2.45, 2.75) is 0 Å². The Labute approximate surface area is 133 Å². The highest BCUT2D eigenvalue weighted by atomic mass is 32.1. The Morgan fingerprint density at radius 3 is 2.33 bits per heavy atom. The highest BCUT2D eigenvalue weighted by Crippen LogP contribution is 2.55. The second kappa shape index (κ2) is 5.19. The second-order valence-electron chi connectivity index (χ2n) is 4.37. The Hall–Kier alpha value is -1.81. The zero-order valence-electron chi connectivity index (χ0n) is 10.8. The maximum absolute atomic E-state index is 9.00. The van der Waals surface area contributed by atoms with Crippen LogP contribution in [0.15, 0.2) is 29.6 Å². The molecule has 0 bridgehead atoms. The van der Waals surface area contributed by atoms with Gasteiger partial charge in [0, 0.05) is 9.75 Å². The number of nitrogens with zero attached hydrogens (tertiary/aromatic N) is 1. The molecule has 4 rings (SSSR count). The van der Waals surface area contributed by atoms with Crippen LogP contribution in [-0.4, -0.2) is 13.2 Å². The van der Waals surface area contributed by atoms with Gasteiger partial charge in [0.15, 0.2) is 11.5 Å². The summed E-state index contributed by atoms with van der Waals surface area (Å²) >= 11 is 4.85. The van der Waals surface area contributed by atoms with Gasteiger partial charge in [-0.3, -0.25) is 0 Å². The fourth-order valence-corrected chi connectivity index (χ4v) is 5.15. The van der Waals surface area contributed by atoms with Crippen molar-refractivity contribution < 1.29 is 9.47 Å². The Morgan fingerprint density at radius 2 is 1.71 bits per heavy atom. The molecule has 104 valence electrons. The molecule has 3 aromatic rings. The van der Waals surface area contributed by atoms with Gasteiger partial charge >= 0.3 is 0 Å². The molecule has 4 heterocycles. The maximum atomic E-state index is 9.00. The molecule has 0 N–H and O–H groups in total. The summed E-state index contributed by atoms with van der Waals surface area (Å²) in [6.45, 7) is 1.15. The van der Waals surface area contributed by atoms with Crippen molar-refractivity contribution in [1.29, 1.82) is 5.26 Å². The van der Waals surface area contributed by atoms with Crippen molar-refractivity contribution in [3.8, 4) is 37.1 Å². The first-order valence-corrected chi connectivity index (χ1v) is 8.84. The van der Waals surface area contributed by atoms with Gasteiger partial charge in [0.1, 0.15) is 24.2 Å². The number of hydrogen-bond donors (Lipinski definition) is 0. The minimum Gasteiger partial charge on any atom is -0.485 e. The van der Waals surface area contributed by atoms with Crippen LogP contribution in [0.2, 0.25) is 0 Å². The van der Waals surface area contributed by atoms with E-state index in [4.69, 9.17) is 14.7 Å². The van der Waals surface area contributed by atoms with E-state index >= 15 is 0 Å². The van der Waals surface area contributed by atoms with Gasteiger partial charge < -0.3 is 9.47 Å². The summed E-state index contributed by atoms with van der Waals surface area (Å²) in [7, 11) is 0. The smallest absolute Gasteiger partial charge is 0.181 e. The Balaban J connectivity index is 1.90. The summed E-state index contributed by atoms with van der Waals surface area (Å²) in [5, 5.41) is 11.1. The van der Waals surface area contributed by atoms with Crippen LogP contribution in [0.4, 0.5) is 0 Å². The molecular weight excluding hydrogens is 322 g/mol. The van der Waals surface area contributed by atoms with Crippen molar-refractivity contribution in [3.05, 3.63) is 34.5 Å². The third-order valence-corrected chi connectivity index (χ3v) is 6.46. The first-order valence-electron chi connectivity index (χ1n) is 6.33. The second-order valence-corrected chi connectivity index (χ2v) is 7.42. The van der Waals surface area contributed by atoms with E-state index in [0.29, 0.717) is 18.1 Å². The predicted octanol–water partition coefficient (Wildman–Crippen LogP) is 4.85. The molecule has 0 saturated carbocycles. The molecule has 0 aromatic carbocycles. The normalized spacial score (nSPS) is 13.1. The molecule has 0 spiro atoms. The zero-order chi connectivity index (χ0) is 14.2. The van der Waals surface area contributed by atoms with Crippen molar-refractivity contribution in [2.24, 2.45) is 0 Å². The molecule has 21 heavy (non-hydrogen) atoms. The Bertz CT molecular complexity index is 824. The molecule has 3 nitrogen and oxygen atoms in total. The molecule has 0 unspecified atom stereocenters. The third-order valence-electron chi connectivity index (χ3n) is 3.08. The van der Waals surface area contributed by atoms with Crippen LogP contribution in [0.3, 0.4) is 0 Å². The number of rotatable bonds is 2. The fraction of sp³-hybridized carbons (Fsp3) is 0.133. The van der Waals surface area contributed by atoms with E-state index < -0.39 is 0 Å². The summed E-state index contributed by atoms with van der Waals surface area (Å²) < 4.78 is 11.7. The number of thiophene rings is 3. The van der Waals surface area contributed by atoms with E-state index in [9.17, 15) is 0 Å². The first kappa shape index (κ1) is 12.9. The van der Waals surface area contributed by atoms with Gasteiger partial charge in [-0.25, -0.2) is 0 Å². The molecule has 0 atom stereocenters. The van der Waals surface area contributed by atoms with E-state index in [2.05, 4.69) is 17.5 Å². The van der Waals surface area contributed by atoms with Crippen LogP contribution < -0.4 is 9.47 Å². The topological polar surface area (TPSA) is 42.2 Å². The lowest BCUT2D eigenvalue weighted by Gasteiger charge is -2.16. The lowest BCUT2D eigenvalue weighted by Crippen LogP contribution is -2.14. The van der Waals surface area contributed by atoms with Gasteiger partial charge in [0.05, 0.1) is 9.75 Å². The van der Waals surface area contributed by atoms with Gasteiger partial charge in [-0.1, -0.05) is 6.07 Å². The molecule has 1 aliphatic rings. The van der Waals surface area contributed by atoms with E-state index in [-0.39, 0.29) is 0 Å². The standard InChI is InChI=1S/C15H9NO2S3/c16-8-9-3-4-11(20-9)15-13-12(17-5-6-18-13)14(21-15)10-2-1-7-19-10/h1-4,7H,5-6H2. The molecule has 0 radical (unpaired) electrons. The van der Waals surface area contributed by atoms with Gasteiger partial charge in [-0.05, 0) is 23.6 Å². The summed E-state index contributed by atoms with van der Waals surface area (Å²) in [6.07, 6.45) is 0. The summed E-state index contributed by atoms with van der Waals surface area (Å²) in [5.41, 5.74) is 0. The van der Waals surface area contributed by atoms with Gasteiger partial charge in [0.25, 0.3) is 0 Å². The molecular formula is C15H9NO2S3. The maximum Gasteiger partial charge on any atom is 0.181 e. The van der Waals surface area contributed by atoms with Crippen LogP contribution in [0.25, 0.3) is 19.5 Å². The van der Waals surface area contributed by atoms with E-state index in [1.165, 1.54) is 16.2 Å². The minimum absolute atomic E-state index is 0.567. The van der Waals surface area contributed by atoms with Crippen LogP contribution in [0.5, 0.6) is 11.5 Å². The van der Waals surface area contributed by atoms with E-state index in [1.54, 1.807) is 22.7 Å². The fourth-order valence-electron chi connectivity index (χ4n) is 2.20. The van der Waals surface area contributed by atoms with Crippen molar-refractivity contribution in [2.75, 3.05) is 13.2 Å². The van der Waals surface area contributed by atoms with Gasteiger partial charge in [-0.2, -0.15) is 5.26 Å². The highest BCUT2D eigenvalue weighted by molar-refractivity contribution is 7.27. The predicted molar refractivity (Wildman–Crippen MR) is 86.7 cm³/mol. The molecule has 0 saturated heterocycles. The average Bonchev–Trinajstić information content (AvgIpc) is 3.25. The number of ether oxygens (including phenoxy) is 2. The lowest BCUT2D eigenvalue weighted by molar-refractivity contribution is 0.175. The molecule has 0 aliphatic carbocycles. The number of fused-ring (bicyclic) bond motifs is 1. The summed E-state index contributed by atoms with van der Waals surface area (Å²) in [6, 6.07) is 10.1. The van der Waals surface area contributed by atoms with Crippen molar-refractivity contribution in [3.63, 3.8) is 0 Å². The molecule has 1 aliphatic heterocycles. The third kappa shape index (κ3) is 2.14. The molecule has 3 aromatic heterocycles. The van der Waals surface area contributed by atoms with Gasteiger partial charge in [0.2, 0.25) is 0 Å². The largest absolute Gasteiger partial charge is 0.485 e. The Morgan fingerprint density at radius 1 is 0.952 bits per heavy atom. The van der Waals surface area contributed by atoms with Crippen LogP contribution in [0, 0.1) is 11.3 Å². The lowest BCUT2D eigenvalue weighted by atomic mass is 10.3. The minimum atomic E-state index is 0.567. The van der Waals surface area contributed by atoms with Gasteiger partial charge in [-0.15, -0.1) is 34.0 Å². The summed E-state index contributed by atoms with van der Waals surface area (Å²) in [5.74, 6) is 1.66. The van der Waals surface area contributed by atoms with Crippen LogP contribution in [0.1, 0.15) is 4.88 Å². The highest BCUT2D eigenvalue weighted by Gasteiger charge is 2.27. The zero-order valence-corrected chi connectivity index (χ0v) is 13.2. The number of hydrogen-bond acceptors (Lipinski definition) is 6. The SMILES string of the molecule is N#Cc1ccc(-c2sc(-c3cccs3)c3c2OCCO3)s1. The molecule has 0 amide bonds. The quantitative estimate of drug-likeness (QED) is 0.674. The van der Waals surface area contributed by atoms with Crippen molar-refractivity contribution >= 4 is 34.0 Å². The van der Waals surface area contributed by atoms with Crippen LogP contribution >= 0.6 is 34.0 Å². The summed E-state index contributed by atoms with van der Waals surface area (Å²) in [4.78, 5) is 5.12. The van der Waals surface area contributed by atoms with Crippen molar-refractivity contribution in [1.82, 2.24) is 0 Å². The van der Waals surface area contributed by atoms with E-state index in [0.717, 1.165) is 26.1 Å².